The lowest BCUT2D eigenvalue weighted by molar-refractivity contribution is 0.159. The number of allylic oxidation sites excluding steroid dienone is 5. The molecule has 0 aromatic rings. The van der Waals surface area contributed by atoms with Gasteiger partial charge in [0.05, 0.1) is 0 Å². The molecule has 0 nitrogen and oxygen atoms in total. The van der Waals surface area contributed by atoms with Crippen LogP contribution in [0.1, 0.15) is 72.1 Å². The maximum atomic E-state index is 4.03. The van der Waals surface area contributed by atoms with E-state index in [0.717, 1.165) is 23.7 Å². The Hall–Kier alpha value is -0.780. The van der Waals surface area contributed by atoms with Crippen molar-refractivity contribution in [1.82, 2.24) is 0 Å². The fraction of sp³-hybridized carbons (Fsp3) is 0.714. The lowest BCUT2D eigenvalue weighted by atomic mass is 9.68. The van der Waals surface area contributed by atoms with Crippen molar-refractivity contribution in [3.05, 3.63) is 36.0 Å². The van der Waals surface area contributed by atoms with Gasteiger partial charge in [-0.05, 0) is 81.6 Å². The highest BCUT2D eigenvalue weighted by atomic mass is 14.4. The van der Waals surface area contributed by atoms with E-state index in [1.54, 1.807) is 0 Å². The van der Waals surface area contributed by atoms with Gasteiger partial charge in [-0.1, -0.05) is 50.1 Å². The molecule has 2 fully saturated rings. The van der Waals surface area contributed by atoms with Gasteiger partial charge in [-0.15, -0.1) is 0 Å². The van der Waals surface area contributed by atoms with Crippen molar-refractivity contribution < 1.29 is 0 Å². The molecule has 0 amide bonds. The maximum Gasteiger partial charge on any atom is -0.0162 e. The first-order valence-electron chi connectivity index (χ1n) is 9.07. The summed E-state index contributed by atoms with van der Waals surface area (Å²) in [5, 5.41) is 0. The van der Waals surface area contributed by atoms with E-state index < -0.39 is 0 Å². The molecule has 0 heterocycles. The number of hydrogen-bond donors (Lipinski definition) is 0. The van der Waals surface area contributed by atoms with Crippen molar-refractivity contribution in [2.75, 3.05) is 0 Å². The summed E-state index contributed by atoms with van der Waals surface area (Å²) in [6.45, 7) is 10.8. The van der Waals surface area contributed by atoms with Gasteiger partial charge < -0.3 is 0 Å². The zero-order chi connectivity index (χ0) is 15.2. The van der Waals surface area contributed by atoms with Crippen LogP contribution in [0.15, 0.2) is 36.0 Å². The minimum Gasteiger partial charge on any atom is -0.0988 e. The minimum absolute atomic E-state index is 0.761. The van der Waals surface area contributed by atoms with E-state index in [0.29, 0.717) is 0 Å². The Balaban J connectivity index is 1.86. The molecule has 0 saturated heterocycles. The van der Waals surface area contributed by atoms with E-state index in [2.05, 4.69) is 45.6 Å². The normalized spacial score (nSPS) is 34.3. The predicted octanol–water partition coefficient (Wildman–Crippen LogP) is 6.70. The average molecular weight is 287 g/mol. The lowest BCUT2D eigenvalue weighted by Crippen LogP contribution is -2.25. The highest BCUT2D eigenvalue weighted by Gasteiger charge is 2.30. The van der Waals surface area contributed by atoms with E-state index >= 15 is 0 Å². The first-order chi connectivity index (χ1) is 10.1. The Morgan fingerprint density at radius 2 is 1.33 bits per heavy atom. The maximum absolute atomic E-state index is 4.03. The average Bonchev–Trinajstić information content (AvgIpc) is 2.49. The summed E-state index contributed by atoms with van der Waals surface area (Å²) in [6, 6.07) is 0. The molecular formula is C21H34. The number of rotatable bonds is 4. The van der Waals surface area contributed by atoms with Crippen LogP contribution in [0, 0.1) is 23.7 Å². The molecule has 0 N–H and O–H groups in total. The molecule has 2 aliphatic carbocycles. The summed E-state index contributed by atoms with van der Waals surface area (Å²) < 4.78 is 0. The summed E-state index contributed by atoms with van der Waals surface area (Å²) >= 11 is 0. The molecule has 0 spiro atoms. The van der Waals surface area contributed by atoms with E-state index in [1.807, 2.05) is 0 Å². The highest BCUT2D eigenvalue weighted by Crippen LogP contribution is 2.42. The molecule has 2 aliphatic rings. The largest absolute Gasteiger partial charge is 0.0988 e. The third-order valence-electron chi connectivity index (χ3n) is 5.82. The van der Waals surface area contributed by atoms with Gasteiger partial charge in [0.2, 0.25) is 0 Å². The van der Waals surface area contributed by atoms with E-state index in [9.17, 15) is 0 Å². The zero-order valence-corrected chi connectivity index (χ0v) is 14.4. The second-order valence-corrected chi connectivity index (χ2v) is 7.75. The van der Waals surface area contributed by atoms with E-state index in [1.165, 1.54) is 62.5 Å². The minimum atomic E-state index is 0.761. The third-order valence-corrected chi connectivity index (χ3v) is 5.82. The first kappa shape index (κ1) is 16.6. The van der Waals surface area contributed by atoms with Crippen molar-refractivity contribution in [2.45, 2.75) is 72.1 Å². The topological polar surface area (TPSA) is 0 Å². The van der Waals surface area contributed by atoms with Crippen LogP contribution in [-0.4, -0.2) is 0 Å². The molecule has 0 radical (unpaired) electrons. The van der Waals surface area contributed by atoms with Crippen LogP contribution >= 0.6 is 0 Å². The Kier molecular flexibility index (Phi) is 6.33. The molecule has 0 atom stereocenters. The lowest BCUT2D eigenvalue weighted by Gasteiger charge is -2.37. The summed E-state index contributed by atoms with van der Waals surface area (Å²) in [5.41, 5.74) is 2.84. The van der Waals surface area contributed by atoms with Crippen molar-refractivity contribution in [3.8, 4) is 0 Å². The van der Waals surface area contributed by atoms with Crippen molar-refractivity contribution in [2.24, 2.45) is 23.7 Å². The second kappa shape index (κ2) is 8.01. The summed E-state index contributed by atoms with van der Waals surface area (Å²) in [7, 11) is 0. The van der Waals surface area contributed by atoms with Gasteiger partial charge in [0.15, 0.2) is 0 Å². The monoisotopic (exact) mass is 286 g/mol. The Bertz CT molecular complexity index is 378. The van der Waals surface area contributed by atoms with E-state index in [4.69, 9.17) is 0 Å². The molecule has 0 heteroatoms. The van der Waals surface area contributed by atoms with Crippen molar-refractivity contribution in [3.63, 3.8) is 0 Å². The fourth-order valence-electron chi connectivity index (χ4n) is 4.31. The predicted molar refractivity (Wildman–Crippen MR) is 94.3 cm³/mol. The Labute approximate surface area is 132 Å². The van der Waals surface area contributed by atoms with Gasteiger partial charge in [-0.2, -0.15) is 0 Å². The van der Waals surface area contributed by atoms with Gasteiger partial charge in [0.1, 0.15) is 0 Å². The van der Waals surface area contributed by atoms with Gasteiger partial charge in [-0.3, -0.25) is 0 Å². The van der Waals surface area contributed by atoms with Gasteiger partial charge >= 0.3 is 0 Å². The molecule has 21 heavy (non-hydrogen) atoms. The summed E-state index contributed by atoms with van der Waals surface area (Å²) in [4.78, 5) is 0. The molecule has 0 bridgehead atoms. The number of hydrogen-bond acceptors (Lipinski definition) is 0. The standard InChI is InChI=1S/C21H34/c1-5-18(9-6-16(2)3)19-12-14-21(15-13-19)20-10-7-17(4)8-11-20/h5-6,9,17,19-21H,1,7-8,10-15H2,2-4H3/b18-9+. The van der Waals surface area contributed by atoms with Gasteiger partial charge in [0, 0.05) is 0 Å². The Morgan fingerprint density at radius 1 is 0.810 bits per heavy atom. The third kappa shape index (κ3) is 4.87. The molecule has 0 unspecified atom stereocenters. The van der Waals surface area contributed by atoms with Crippen LogP contribution in [0.4, 0.5) is 0 Å². The van der Waals surface area contributed by atoms with Crippen LogP contribution < -0.4 is 0 Å². The van der Waals surface area contributed by atoms with E-state index in [-0.39, 0.29) is 0 Å². The Morgan fingerprint density at radius 3 is 1.81 bits per heavy atom. The quantitative estimate of drug-likeness (QED) is 0.504. The van der Waals surface area contributed by atoms with Crippen LogP contribution in [0.25, 0.3) is 0 Å². The van der Waals surface area contributed by atoms with Crippen molar-refractivity contribution >= 4 is 0 Å². The SMILES string of the molecule is C=C/C(=C\C=C(C)C)C1CCC(C2CCC(C)CC2)CC1. The fourth-order valence-corrected chi connectivity index (χ4v) is 4.31. The van der Waals surface area contributed by atoms with Gasteiger partial charge in [-0.25, -0.2) is 0 Å². The second-order valence-electron chi connectivity index (χ2n) is 7.75. The van der Waals surface area contributed by atoms with Crippen molar-refractivity contribution in [1.29, 1.82) is 0 Å². The van der Waals surface area contributed by atoms with Crippen LogP contribution in [0.3, 0.4) is 0 Å². The smallest absolute Gasteiger partial charge is 0.0162 e. The van der Waals surface area contributed by atoms with Gasteiger partial charge in [0.25, 0.3) is 0 Å². The highest BCUT2D eigenvalue weighted by molar-refractivity contribution is 5.26. The molecule has 0 aliphatic heterocycles. The first-order valence-corrected chi connectivity index (χ1v) is 9.07. The molecule has 118 valence electrons. The molecule has 0 aromatic heterocycles. The molecule has 2 rings (SSSR count). The molecule has 2 saturated carbocycles. The summed E-state index contributed by atoms with van der Waals surface area (Å²) in [6.07, 6.45) is 18.2. The summed E-state index contributed by atoms with van der Waals surface area (Å²) in [5.74, 6) is 3.80. The van der Waals surface area contributed by atoms with Crippen LogP contribution in [0.5, 0.6) is 0 Å². The molecular weight excluding hydrogens is 252 g/mol. The molecule has 0 aromatic carbocycles. The van der Waals surface area contributed by atoms with Crippen LogP contribution in [0.2, 0.25) is 0 Å². The zero-order valence-electron chi connectivity index (χ0n) is 14.4. The van der Waals surface area contributed by atoms with Crippen LogP contribution in [-0.2, 0) is 0 Å².